The summed E-state index contributed by atoms with van der Waals surface area (Å²) >= 11 is 0. The predicted octanol–water partition coefficient (Wildman–Crippen LogP) is 1.47. The summed E-state index contributed by atoms with van der Waals surface area (Å²) in [6.07, 6.45) is 6.44. The van der Waals surface area contributed by atoms with E-state index < -0.39 is 6.04 Å². The van der Waals surface area contributed by atoms with Crippen LogP contribution < -0.4 is 5.73 Å². The lowest BCUT2D eigenvalue weighted by Crippen LogP contribution is -2.37. The first-order chi connectivity index (χ1) is 7.74. The lowest BCUT2D eigenvalue weighted by Gasteiger charge is -2.21. The smallest absolute Gasteiger partial charge is 0.325 e. The fourth-order valence-corrected chi connectivity index (χ4v) is 2.03. The number of nitrogens with two attached hydrogens (primary N) is 1. The van der Waals surface area contributed by atoms with Crippen LogP contribution in [0.5, 0.6) is 0 Å². The second-order valence-corrected chi connectivity index (χ2v) is 4.40. The number of hydrogen-bond acceptors (Lipinski definition) is 4. The maximum Gasteiger partial charge on any atom is 0.325 e. The molecule has 94 valence electrons. The molecule has 2 N–H and O–H groups in total. The summed E-state index contributed by atoms with van der Waals surface area (Å²) in [5.41, 5.74) is 5.62. The van der Waals surface area contributed by atoms with Crippen LogP contribution in [0.1, 0.15) is 39.0 Å². The molecule has 0 aromatic rings. The van der Waals surface area contributed by atoms with Crippen molar-refractivity contribution in [2.75, 3.05) is 19.8 Å². The molecule has 0 aliphatic heterocycles. The normalized spacial score (nSPS) is 19.4. The van der Waals surface area contributed by atoms with Crippen LogP contribution in [-0.4, -0.2) is 31.8 Å². The molecule has 16 heavy (non-hydrogen) atoms. The molecule has 4 nitrogen and oxygen atoms in total. The number of hydrogen-bond donors (Lipinski definition) is 1. The molecule has 0 heterocycles. The van der Waals surface area contributed by atoms with Gasteiger partial charge in [-0.05, 0) is 25.7 Å². The molecule has 1 saturated carbocycles. The summed E-state index contributed by atoms with van der Waals surface area (Å²) in [5.74, 6) is 0.286. The van der Waals surface area contributed by atoms with Crippen LogP contribution in [0.4, 0.5) is 0 Å². The minimum absolute atomic E-state index is 0.273. The molecule has 1 fully saturated rings. The average Bonchev–Trinajstić information content (AvgIpc) is 2.30. The first kappa shape index (κ1) is 13.5. The van der Waals surface area contributed by atoms with E-state index >= 15 is 0 Å². The molecular formula is C12H23NO3. The van der Waals surface area contributed by atoms with Crippen molar-refractivity contribution in [2.45, 2.75) is 45.1 Å². The number of esters is 1. The van der Waals surface area contributed by atoms with Gasteiger partial charge in [-0.2, -0.15) is 0 Å². The van der Waals surface area contributed by atoms with E-state index in [0.29, 0.717) is 12.5 Å². The molecule has 0 radical (unpaired) electrons. The molecule has 0 aromatic carbocycles. The molecule has 0 spiro atoms. The van der Waals surface area contributed by atoms with E-state index in [2.05, 4.69) is 0 Å². The van der Waals surface area contributed by atoms with Gasteiger partial charge < -0.3 is 15.2 Å². The molecule has 0 saturated heterocycles. The van der Waals surface area contributed by atoms with Crippen LogP contribution >= 0.6 is 0 Å². The monoisotopic (exact) mass is 229 g/mol. The fourth-order valence-electron chi connectivity index (χ4n) is 2.03. The Hall–Kier alpha value is -0.610. The zero-order valence-electron chi connectivity index (χ0n) is 10.1. The summed E-state index contributed by atoms with van der Waals surface area (Å²) in [7, 11) is 0. The largest absolute Gasteiger partial charge is 0.465 e. The van der Waals surface area contributed by atoms with E-state index in [-0.39, 0.29) is 12.6 Å². The Morgan fingerprint density at radius 1 is 1.38 bits per heavy atom. The lowest BCUT2D eigenvalue weighted by molar-refractivity contribution is -0.146. The molecular weight excluding hydrogens is 206 g/mol. The quantitative estimate of drug-likeness (QED) is 0.701. The van der Waals surface area contributed by atoms with Crippen LogP contribution in [0, 0.1) is 5.92 Å². The van der Waals surface area contributed by atoms with Crippen LogP contribution in [0.2, 0.25) is 0 Å². The number of carbonyl (C=O) groups is 1. The number of carbonyl (C=O) groups excluding carboxylic acids is 1. The molecule has 0 bridgehead atoms. The van der Waals surface area contributed by atoms with E-state index in [9.17, 15) is 4.79 Å². The van der Waals surface area contributed by atoms with Gasteiger partial charge >= 0.3 is 5.97 Å². The fraction of sp³-hybridized carbons (Fsp3) is 0.917. The van der Waals surface area contributed by atoms with E-state index in [1.807, 2.05) is 0 Å². The number of rotatable bonds is 6. The minimum atomic E-state index is -0.636. The Labute approximate surface area is 97.5 Å². The van der Waals surface area contributed by atoms with Gasteiger partial charge in [0.05, 0.1) is 13.2 Å². The van der Waals surface area contributed by atoms with E-state index in [1.165, 1.54) is 32.1 Å². The molecule has 1 unspecified atom stereocenters. The minimum Gasteiger partial charge on any atom is -0.465 e. The molecule has 4 heteroatoms. The summed E-state index contributed by atoms with van der Waals surface area (Å²) in [6.45, 7) is 3.14. The van der Waals surface area contributed by atoms with Crippen LogP contribution in [0.25, 0.3) is 0 Å². The summed E-state index contributed by atoms with van der Waals surface area (Å²) in [5, 5.41) is 0. The third-order valence-corrected chi connectivity index (χ3v) is 2.97. The van der Waals surface area contributed by atoms with Crippen LogP contribution in [-0.2, 0) is 14.3 Å². The molecule has 0 amide bonds. The first-order valence-electron chi connectivity index (χ1n) is 6.24. The third kappa shape index (κ3) is 4.94. The van der Waals surface area contributed by atoms with Gasteiger partial charge in [-0.15, -0.1) is 0 Å². The molecule has 1 aliphatic carbocycles. The molecule has 1 atom stereocenters. The van der Waals surface area contributed by atoms with Gasteiger partial charge in [0, 0.05) is 6.61 Å². The van der Waals surface area contributed by atoms with Crippen molar-refractivity contribution < 1.29 is 14.3 Å². The predicted molar refractivity (Wildman–Crippen MR) is 62.0 cm³/mol. The third-order valence-electron chi connectivity index (χ3n) is 2.97. The zero-order chi connectivity index (χ0) is 11.8. The van der Waals surface area contributed by atoms with Crippen LogP contribution in [0.3, 0.4) is 0 Å². The molecule has 1 rings (SSSR count). The highest BCUT2D eigenvalue weighted by molar-refractivity contribution is 5.75. The van der Waals surface area contributed by atoms with Gasteiger partial charge in [0.25, 0.3) is 0 Å². The Balaban J connectivity index is 2.07. The average molecular weight is 229 g/mol. The van der Waals surface area contributed by atoms with Crippen LogP contribution in [0.15, 0.2) is 0 Å². The molecule has 0 aromatic heterocycles. The van der Waals surface area contributed by atoms with Gasteiger partial charge in [0.15, 0.2) is 0 Å². The summed E-state index contributed by atoms with van der Waals surface area (Å²) < 4.78 is 10.3. The second kappa shape index (κ2) is 7.63. The standard InChI is InChI=1S/C12H23NO3/c1-2-16-12(14)11(13)9-15-8-10-6-4-3-5-7-10/h10-11H,2-9,13H2,1H3. The molecule has 1 aliphatic rings. The van der Waals surface area contributed by atoms with Gasteiger partial charge in [-0.25, -0.2) is 0 Å². The Bertz CT molecular complexity index is 202. The second-order valence-electron chi connectivity index (χ2n) is 4.40. The summed E-state index contributed by atoms with van der Waals surface area (Å²) in [4.78, 5) is 11.2. The van der Waals surface area contributed by atoms with Crippen molar-refractivity contribution in [1.82, 2.24) is 0 Å². The van der Waals surface area contributed by atoms with Crippen molar-refractivity contribution in [3.8, 4) is 0 Å². The SMILES string of the molecule is CCOC(=O)C(N)COCC1CCCCC1. The Morgan fingerprint density at radius 2 is 2.06 bits per heavy atom. The highest BCUT2D eigenvalue weighted by Gasteiger charge is 2.17. The first-order valence-corrected chi connectivity index (χ1v) is 6.24. The van der Waals surface area contributed by atoms with Gasteiger partial charge in [0.1, 0.15) is 6.04 Å². The Kier molecular flexibility index (Phi) is 6.42. The summed E-state index contributed by atoms with van der Waals surface area (Å²) in [6, 6.07) is -0.636. The highest BCUT2D eigenvalue weighted by atomic mass is 16.5. The van der Waals surface area contributed by atoms with Crippen molar-refractivity contribution in [1.29, 1.82) is 0 Å². The maximum atomic E-state index is 11.2. The Morgan fingerprint density at radius 3 is 2.69 bits per heavy atom. The van der Waals surface area contributed by atoms with E-state index in [4.69, 9.17) is 15.2 Å². The van der Waals surface area contributed by atoms with E-state index in [0.717, 1.165) is 6.61 Å². The highest BCUT2D eigenvalue weighted by Crippen LogP contribution is 2.23. The van der Waals surface area contributed by atoms with Gasteiger partial charge in [0.2, 0.25) is 0 Å². The van der Waals surface area contributed by atoms with Crippen molar-refractivity contribution in [3.05, 3.63) is 0 Å². The maximum absolute atomic E-state index is 11.2. The van der Waals surface area contributed by atoms with Gasteiger partial charge in [-0.3, -0.25) is 4.79 Å². The van der Waals surface area contributed by atoms with E-state index in [1.54, 1.807) is 6.92 Å². The topological polar surface area (TPSA) is 61.5 Å². The van der Waals surface area contributed by atoms with Crippen molar-refractivity contribution in [3.63, 3.8) is 0 Å². The zero-order valence-corrected chi connectivity index (χ0v) is 10.1. The lowest BCUT2D eigenvalue weighted by atomic mass is 9.90. The van der Waals surface area contributed by atoms with Gasteiger partial charge in [-0.1, -0.05) is 19.3 Å². The van der Waals surface area contributed by atoms with Crippen molar-refractivity contribution in [2.24, 2.45) is 11.7 Å². The van der Waals surface area contributed by atoms with Crippen molar-refractivity contribution >= 4 is 5.97 Å². The number of ether oxygens (including phenoxy) is 2.